The van der Waals surface area contributed by atoms with Crippen molar-refractivity contribution >= 4 is 28.1 Å². The van der Waals surface area contributed by atoms with Crippen LogP contribution < -0.4 is 10.2 Å². The van der Waals surface area contributed by atoms with E-state index in [1.165, 1.54) is 5.56 Å². The van der Waals surface area contributed by atoms with E-state index in [2.05, 4.69) is 62.3 Å². The van der Waals surface area contributed by atoms with Crippen molar-refractivity contribution in [3.63, 3.8) is 0 Å². The average molecular weight is 473 g/mol. The Kier molecular flexibility index (Phi) is 5.80. The highest BCUT2D eigenvalue weighted by Crippen LogP contribution is 2.37. The van der Waals surface area contributed by atoms with Gasteiger partial charge in [0.1, 0.15) is 11.6 Å². The van der Waals surface area contributed by atoms with E-state index >= 15 is 0 Å². The van der Waals surface area contributed by atoms with Crippen LogP contribution in [0.5, 0.6) is 0 Å². The second kappa shape index (κ2) is 8.94. The highest BCUT2D eigenvalue weighted by Gasteiger charge is 2.32. The third-order valence-electron chi connectivity index (χ3n) is 6.40. The monoisotopic (exact) mass is 472 g/mol. The van der Waals surface area contributed by atoms with Gasteiger partial charge in [0.25, 0.3) is 0 Å². The number of fused-ring (bicyclic) bond motifs is 1. The quantitative estimate of drug-likeness (QED) is 0.312. The number of nitro groups is 1. The van der Waals surface area contributed by atoms with E-state index in [1.807, 2.05) is 32.4 Å². The Hall–Kier alpha value is -4.08. The molecule has 0 bridgehead atoms. The van der Waals surface area contributed by atoms with Crippen LogP contribution in [-0.2, 0) is 7.05 Å². The van der Waals surface area contributed by atoms with Gasteiger partial charge in [0, 0.05) is 54.7 Å². The second-order valence-electron chi connectivity index (χ2n) is 9.42. The maximum absolute atomic E-state index is 10.8. The molecule has 35 heavy (non-hydrogen) atoms. The lowest BCUT2D eigenvalue weighted by Gasteiger charge is -2.39. The smallest absolute Gasteiger partial charge is 0.210 e. The van der Waals surface area contributed by atoms with Gasteiger partial charge in [-0.2, -0.15) is 5.10 Å². The van der Waals surface area contributed by atoms with Crippen LogP contribution in [0.2, 0.25) is 0 Å². The molecule has 0 unspecified atom stereocenters. The highest BCUT2D eigenvalue weighted by molar-refractivity contribution is 5.98. The van der Waals surface area contributed by atoms with Crippen LogP contribution in [0, 0.1) is 23.0 Å². The number of hydrogen-bond acceptors (Lipinski definition) is 8. The lowest BCUT2D eigenvalue weighted by atomic mass is 9.93. The van der Waals surface area contributed by atoms with Crippen molar-refractivity contribution in [3.8, 4) is 11.4 Å². The Morgan fingerprint density at radius 1 is 1.17 bits per heavy atom. The molecule has 10 nitrogen and oxygen atoms in total. The lowest BCUT2D eigenvalue weighted by molar-refractivity contribution is -0.488. The maximum atomic E-state index is 10.8. The van der Waals surface area contributed by atoms with E-state index in [9.17, 15) is 10.1 Å². The molecular formula is C25H28N8O2. The van der Waals surface area contributed by atoms with Gasteiger partial charge in [-0.3, -0.25) is 14.8 Å². The number of aromatic nitrogens is 5. The topological polar surface area (TPSA) is 115 Å². The SMILES string of the molecule is Cc1nn(C)cc1-c1nccc(Nc2cc3c(C(C)C)ccc(N4CC(C[N+](=O)[O-])C4)c3cn2)n1. The summed E-state index contributed by atoms with van der Waals surface area (Å²) in [7, 11) is 1.88. The molecule has 10 heteroatoms. The third kappa shape index (κ3) is 4.51. The molecule has 4 heterocycles. The summed E-state index contributed by atoms with van der Waals surface area (Å²) in [6.45, 7) is 7.68. The zero-order valence-electron chi connectivity index (χ0n) is 20.3. The molecule has 1 aromatic carbocycles. The Labute approximate surface area is 203 Å². The van der Waals surface area contributed by atoms with Crippen molar-refractivity contribution in [2.24, 2.45) is 13.0 Å². The van der Waals surface area contributed by atoms with E-state index in [0.717, 1.165) is 27.7 Å². The van der Waals surface area contributed by atoms with Crippen molar-refractivity contribution in [3.05, 3.63) is 64.2 Å². The maximum Gasteiger partial charge on any atom is 0.210 e. The van der Waals surface area contributed by atoms with E-state index < -0.39 is 0 Å². The minimum Gasteiger partial charge on any atom is -0.370 e. The number of aryl methyl sites for hydroxylation is 2. The fraction of sp³-hybridized carbons (Fsp3) is 0.360. The van der Waals surface area contributed by atoms with Crippen LogP contribution in [0.15, 0.2) is 42.9 Å². The van der Waals surface area contributed by atoms with Gasteiger partial charge in [-0.15, -0.1) is 0 Å². The normalized spacial score (nSPS) is 13.9. The van der Waals surface area contributed by atoms with Crippen molar-refractivity contribution in [1.29, 1.82) is 0 Å². The van der Waals surface area contributed by atoms with E-state index in [4.69, 9.17) is 0 Å². The molecule has 0 amide bonds. The van der Waals surface area contributed by atoms with Gasteiger partial charge in [-0.25, -0.2) is 15.0 Å². The van der Waals surface area contributed by atoms with Crippen LogP contribution >= 0.6 is 0 Å². The summed E-state index contributed by atoms with van der Waals surface area (Å²) in [5.41, 5.74) is 4.05. The van der Waals surface area contributed by atoms with Crippen LogP contribution in [0.25, 0.3) is 22.2 Å². The predicted octanol–water partition coefficient (Wildman–Crippen LogP) is 4.31. The Bertz CT molecular complexity index is 1410. The summed E-state index contributed by atoms with van der Waals surface area (Å²) < 4.78 is 1.75. The summed E-state index contributed by atoms with van der Waals surface area (Å²) in [6, 6.07) is 8.14. The van der Waals surface area contributed by atoms with E-state index in [0.29, 0.717) is 36.5 Å². The standard InChI is InChI=1S/C25H28N8O2/c1-15(2)18-5-6-22(32-11-17(12-32)13-33(34)35)20-10-27-24(9-19(18)20)28-23-7-8-26-25(29-23)21-14-31(4)30-16(21)3/h5-10,14-15,17H,11-13H2,1-4H3,(H,26,27,28,29). The van der Waals surface area contributed by atoms with Gasteiger partial charge in [0.15, 0.2) is 5.82 Å². The second-order valence-corrected chi connectivity index (χ2v) is 9.42. The first-order valence-electron chi connectivity index (χ1n) is 11.7. The predicted molar refractivity (Wildman–Crippen MR) is 136 cm³/mol. The molecule has 1 aliphatic heterocycles. The average Bonchev–Trinajstić information content (AvgIpc) is 3.13. The van der Waals surface area contributed by atoms with Gasteiger partial charge in [0.05, 0.1) is 17.2 Å². The summed E-state index contributed by atoms with van der Waals surface area (Å²) in [5.74, 6) is 2.37. The molecule has 0 atom stereocenters. The van der Waals surface area contributed by atoms with Gasteiger partial charge in [0.2, 0.25) is 6.54 Å². The van der Waals surface area contributed by atoms with Crippen molar-refractivity contribution in [1.82, 2.24) is 24.7 Å². The summed E-state index contributed by atoms with van der Waals surface area (Å²) in [5, 5.41) is 20.7. The molecule has 1 saturated heterocycles. The number of hydrogen-bond donors (Lipinski definition) is 1. The summed E-state index contributed by atoms with van der Waals surface area (Å²) in [6.07, 6.45) is 5.51. The van der Waals surface area contributed by atoms with Gasteiger partial charge >= 0.3 is 0 Å². The fourth-order valence-electron chi connectivity index (χ4n) is 4.70. The van der Waals surface area contributed by atoms with Crippen molar-refractivity contribution in [2.45, 2.75) is 26.7 Å². The first-order chi connectivity index (χ1) is 16.8. The number of rotatable bonds is 7. The molecule has 0 aliphatic carbocycles. The Balaban J connectivity index is 1.45. The molecule has 1 N–H and O–H groups in total. The number of anilines is 3. The Morgan fingerprint density at radius 3 is 2.66 bits per heavy atom. The van der Waals surface area contributed by atoms with Gasteiger partial charge in [-0.05, 0) is 42.0 Å². The summed E-state index contributed by atoms with van der Waals surface area (Å²) in [4.78, 5) is 26.6. The third-order valence-corrected chi connectivity index (χ3v) is 6.40. The zero-order chi connectivity index (χ0) is 24.7. The Morgan fingerprint density at radius 2 is 1.97 bits per heavy atom. The molecular weight excluding hydrogens is 444 g/mol. The van der Waals surface area contributed by atoms with Crippen molar-refractivity contribution < 1.29 is 4.92 Å². The number of nitrogens with zero attached hydrogens (tertiary/aromatic N) is 7. The van der Waals surface area contributed by atoms with Gasteiger partial charge in [-0.1, -0.05) is 19.9 Å². The van der Waals surface area contributed by atoms with Crippen LogP contribution in [0.4, 0.5) is 17.3 Å². The molecule has 1 fully saturated rings. The van der Waals surface area contributed by atoms with Crippen molar-refractivity contribution in [2.75, 3.05) is 29.9 Å². The largest absolute Gasteiger partial charge is 0.370 e. The van der Waals surface area contributed by atoms with Crippen LogP contribution in [0.3, 0.4) is 0 Å². The fourth-order valence-corrected chi connectivity index (χ4v) is 4.70. The molecule has 1 aliphatic rings. The number of pyridine rings is 1. The van der Waals surface area contributed by atoms with Gasteiger partial charge < -0.3 is 10.2 Å². The molecule has 0 spiro atoms. The van der Waals surface area contributed by atoms with E-state index in [-0.39, 0.29) is 17.4 Å². The molecule has 5 rings (SSSR count). The first kappa shape index (κ1) is 22.7. The number of nitrogens with one attached hydrogen (secondary N) is 1. The van der Waals surface area contributed by atoms with E-state index in [1.54, 1.807) is 10.9 Å². The molecule has 4 aromatic rings. The highest BCUT2D eigenvalue weighted by atomic mass is 16.6. The lowest BCUT2D eigenvalue weighted by Crippen LogP contribution is -2.49. The minimum atomic E-state index is -0.227. The summed E-state index contributed by atoms with van der Waals surface area (Å²) >= 11 is 0. The molecule has 0 radical (unpaired) electrons. The van der Waals surface area contributed by atoms with Crippen LogP contribution in [-0.4, -0.2) is 49.3 Å². The van der Waals surface area contributed by atoms with Crippen LogP contribution in [0.1, 0.15) is 31.0 Å². The molecule has 3 aromatic heterocycles. The zero-order valence-corrected chi connectivity index (χ0v) is 20.3. The molecule has 180 valence electrons. The molecule has 0 saturated carbocycles. The minimum absolute atomic E-state index is 0.0182. The number of benzene rings is 1. The first-order valence-corrected chi connectivity index (χ1v) is 11.7.